The highest BCUT2D eigenvalue weighted by molar-refractivity contribution is 7.21. The van der Waals surface area contributed by atoms with E-state index in [2.05, 4.69) is 5.32 Å². The first-order valence-corrected chi connectivity index (χ1v) is 8.96. The van der Waals surface area contributed by atoms with Crippen molar-refractivity contribution in [3.63, 3.8) is 0 Å². The summed E-state index contributed by atoms with van der Waals surface area (Å²) in [5.41, 5.74) is 2.35. The number of thiophene rings is 1. The standard InChI is InChI=1S/C20H17FN2O2S/c1-23-10-9-12-15(6-4-7-16(12)23)22-20(24)19-13(11-25-2)18-14(21)5-3-8-17(18)26-19/h3-10H,11H2,1-2H3,(H,22,24). The maximum Gasteiger partial charge on any atom is 0.266 e. The van der Waals surface area contributed by atoms with Gasteiger partial charge < -0.3 is 14.6 Å². The molecule has 0 atom stereocenters. The first-order valence-electron chi connectivity index (χ1n) is 8.14. The van der Waals surface area contributed by atoms with Crippen LogP contribution in [0.1, 0.15) is 15.2 Å². The second-order valence-electron chi connectivity index (χ2n) is 6.07. The lowest BCUT2D eigenvalue weighted by molar-refractivity contribution is 0.102. The van der Waals surface area contributed by atoms with E-state index in [1.165, 1.54) is 24.5 Å². The molecule has 4 nitrogen and oxygen atoms in total. The summed E-state index contributed by atoms with van der Waals surface area (Å²) in [6.07, 6.45) is 1.95. The zero-order valence-corrected chi connectivity index (χ0v) is 15.2. The Morgan fingerprint density at radius 1 is 1.23 bits per heavy atom. The summed E-state index contributed by atoms with van der Waals surface area (Å²) in [5.74, 6) is -0.594. The minimum absolute atomic E-state index is 0.180. The molecule has 0 bridgehead atoms. The van der Waals surface area contributed by atoms with Gasteiger partial charge in [-0.15, -0.1) is 11.3 Å². The molecule has 0 spiro atoms. The van der Waals surface area contributed by atoms with Crippen LogP contribution >= 0.6 is 11.3 Å². The molecule has 1 N–H and O–H groups in total. The lowest BCUT2D eigenvalue weighted by atomic mass is 10.1. The average Bonchev–Trinajstić information content (AvgIpc) is 3.18. The molecule has 0 unspecified atom stereocenters. The number of nitrogens with zero attached hydrogens (tertiary/aromatic N) is 1. The van der Waals surface area contributed by atoms with Crippen molar-refractivity contribution < 1.29 is 13.9 Å². The van der Waals surface area contributed by atoms with E-state index in [0.29, 0.717) is 15.8 Å². The molecular formula is C20H17FN2O2S. The Balaban J connectivity index is 1.78. The number of benzene rings is 2. The van der Waals surface area contributed by atoms with Crippen LogP contribution in [0, 0.1) is 5.82 Å². The van der Waals surface area contributed by atoms with Crippen LogP contribution in [-0.4, -0.2) is 17.6 Å². The Labute approximate surface area is 153 Å². The predicted molar refractivity (Wildman–Crippen MR) is 103 cm³/mol. The Hall–Kier alpha value is -2.70. The molecule has 0 aliphatic rings. The molecule has 0 saturated carbocycles. The number of hydrogen-bond acceptors (Lipinski definition) is 3. The van der Waals surface area contributed by atoms with E-state index in [1.54, 1.807) is 6.07 Å². The number of fused-ring (bicyclic) bond motifs is 2. The molecule has 26 heavy (non-hydrogen) atoms. The molecule has 0 saturated heterocycles. The van der Waals surface area contributed by atoms with Crippen molar-refractivity contribution >= 4 is 43.9 Å². The number of rotatable bonds is 4. The van der Waals surface area contributed by atoms with E-state index in [4.69, 9.17) is 4.74 Å². The lowest BCUT2D eigenvalue weighted by Gasteiger charge is -2.08. The van der Waals surface area contributed by atoms with Gasteiger partial charge in [-0.05, 0) is 30.3 Å². The van der Waals surface area contributed by atoms with Gasteiger partial charge >= 0.3 is 0 Å². The average molecular weight is 368 g/mol. The fraction of sp³-hybridized carbons (Fsp3) is 0.150. The molecule has 6 heteroatoms. The van der Waals surface area contributed by atoms with Crippen molar-refractivity contribution in [3.05, 3.63) is 64.9 Å². The summed E-state index contributed by atoms with van der Waals surface area (Å²) in [7, 11) is 3.50. The zero-order valence-electron chi connectivity index (χ0n) is 14.4. The van der Waals surface area contributed by atoms with Gasteiger partial charge in [-0.2, -0.15) is 0 Å². The molecule has 0 radical (unpaired) electrons. The maximum atomic E-state index is 14.3. The number of hydrogen-bond donors (Lipinski definition) is 1. The normalized spacial score (nSPS) is 11.3. The van der Waals surface area contributed by atoms with E-state index < -0.39 is 0 Å². The first kappa shape index (κ1) is 16.8. The number of nitrogens with one attached hydrogen (secondary N) is 1. The first-order chi connectivity index (χ1) is 12.6. The molecule has 4 aromatic rings. The summed E-state index contributed by atoms with van der Waals surface area (Å²) in [6.45, 7) is 0.180. The van der Waals surface area contributed by atoms with E-state index in [0.717, 1.165) is 21.3 Å². The van der Waals surface area contributed by atoms with Crippen molar-refractivity contribution in [1.29, 1.82) is 0 Å². The number of methoxy groups -OCH3 is 1. The van der Waals surface area contributed by atoms with Crippen LogP contribution in [0.5, 0.6) is 0 Å². The van der Waals surface area contributed by atoms with Crippen LogP contribution in [0.25, 0.3) is 21.0 Å². The SMILES string of the molecule is COCc1c(C(=O)Nc2cccc3c2ccn3C)sc2cccc(F)c12. The highest BCUT2D eigenvalue weighted by Crippen LogP contribution is 2.35. The van der Waals surface area contributed by atoms with Crippen molar-refractivity contribution in [1.82, 2.24) is 4.57 Å². The van der Waals surface area contributed by atoms with Gasteiger partial charge in [0.25, 0.3) is 5.91 Å². The quantitative estimate of drug-likeness (QED) is 0.555. The Kier molecular flexibility index (Phi) is 4.22. The Morgan fingerprint density at radius 3 is 2.85 bits per heavy atom. The minimum atomic E-state index is -0.338. The lowest BCUT2D eigenvalue weighted by Crippen LogP contribution is -2.12. The van der Waals surface area contributed by atoms with Gasteiger partial charge in [0.1, 0.15) is 5.82 Å². The zero-order chi connectivity index (χ0) is 18.3. The van der Waals surface area contributed by atoms with Crippen LogP contribution in [0.15, 0.2) is 48.7 Å². The second kappa shape index (κ2) is 6.55. The monoisotopic (exact) mass is 368 g/mol. The van der Waals surface area contributed by atoms with Crippen molar-refractivity contribution in [3.8, 4) is 0 Å². The van der Waals surface area contributed by atoms with E-state index in [1.807, 2.05) is 48.1 Å². The third-order valence-corrected chi connectivity index (χ3v) is 5.63. The molecule has 2 heterocycles. The number of amides is 1. The minimum Gasteiger partial charge on any atom is -0.380 e. The number of ether oxygens (including phenoxy) is 1. The Bertz CT molecular complexity index is 1130. The molecule has 4 rings (SSSR count). The van der Waals surface area contributed by atoms with E-state index in [-0.39, 0.29) is 18.3 Å². The summed E-state index contributed by atoms with van der Waals surface area (Å²) in [4.78, 5) is 13.4. The van der Waals surface area contributed by atoms with Crippen LogP contribution in [0.2, 0.25) is 0 Å². The highest BCUT2D eigenvalue weighted by atomic mass is 32.1. The van der Waals surface area contributed by atoms with E-state index >= 15 is 0 Å². The molecule has 2 aromatic heterocycles. The van der Waals surface area contributed by atoms with Crippen LogP contribution in [0.3, 0.4) is 0 Å². The molecule has 0 aliphatic heterocycles. The maximum absolute atomic E-state index is 14.3. The molecular weight excluding hydrogens is 351 g/mol. The highest BCUT2D eigenvalue weighted by Gasteiger charge is 2.21. The molecule has 0 fully saturated rings. The van der Waals surface area contributed by atoms with Crippen LogP contribution < -0.4 is 5.32 Å². The third-order valence-electron chi connectivity index (χ3n) is 4.43. The largest absolute Gasteiger partial charge is 0.380 e. The number of anilines is 1. The molecule has 1 amide bonds. The number of carbonyl (C=O) groups excluding carboxylic acids is 1. The Morgan fingerprint density at radius 2 is 2.04 bits per heavy atom. The summed E-state index contributed by atoms with van der Waals surface area (Å²) in [5, 5.41) is 4.40. The van der Waals surface area contributed by atoms with Gasteiger partial charge in [-0.3, -0.25) is 4.79 Å². The summed E-state index contributed by atoms with van der Waals surface area (Å²) in [6, 6.07) is 12.6. The summed E-state index contributed by atoms with van der Waals surface area (Å²) >= 11 is 1.28. The molecule has 132 valence electrons. The van der Waals surface area contributed by atoms with Gasteiger partial charge in [0.2, 0.25) is 0 Å². The van der Waals surface area contributed by atoms with Gasteiger partial charge in [-0.25, -0.2) is 4.39 Å². The van der Waals surface area contributed by atoms with Gasteiger partial charge in [-0.1, -0.05) is 12.1 Å². The van der Waals surface area contributed by atoms with Crippen molar-refractivity contribution in [2.45, 2.75) is 6.61 Å². The van der Waals surface area contributed by atoms with Crippen molar-refractivity contribution in [2.24, 2.45) is 7.05 Å². The summed E-state index contributed by atoms with van der Waals surface area (Å²) < 4.78 is 22.3. The number of halogens is 1. The molecule has 0 aliphatic carbocycles. The molecule has 2 aromatic carbocycles. The fourth-order valence-corrected chi connectivity index (χ4v) is 4.34. The van der Waals surface area contributed by atoms with Gasteiger partial charge in [0.05, 0.1) is 17.2 Å². The smallest absolute Gasteiger partial charge is 0.266 e. The predicted octanol–water partition coefficient (Wildman–Crippen LogP) is 4.93. The third kappa shape index (κ3) is 2.67. The van der Waals surface area contributed by atoms with Crippen LogP contribution in [0.4, 0.5) is 10.1 Å². The number of aromatic nitrogens is 1. The topological polar surface area (TPSA) is 43.3 Å². The van der Waals surface area contributed by atoms with E-state index in [9.17, 15) is 9.18 Å². The number of carbonyl (C=O) groups is 1. The van der Waals surface area contributed by atoms with Crippen LogP contribution in [-0.2, 0) is 18.4 Å². The van der Waals surface area contributed by atoms with Gasteiger partial charge in [0, 0.05) is 46.9 Å². The number of aryl methyl sites for hydroxylation is 1. The van der Waals surface area contributed by atoms with Gasteiger partial charge in [0.15, 0.2) is 0 Å². The fourth-order valence-electron chi connectivity index (χ4n) is 3.22. The van der Waals surface area contributed by atoms with Crippen molar-refractivity contribution in [2.75, 3.05) is 12.4 Å². The second-order valence-corrected chi connectivity index (χ2v) is 7.13.